The van der Waals surface area contributed by atoms with Crippen LogP contribution in [0.4, 0.5) is 0 Å². The van der Waals surface area contributed by atoms with Gasteiger partial charge in [0, 0.05) is 36.6 Å². The molecule has 0 saturated carbocycles. The Morgan fingerprint density at radius 1 is 1.56 bits per heavy atom. The van der Waals surface area contributed by atoms with Crippen molar-refractivity contribution in [2.45, 2.75) is 25.9 Å². The first-order chi connectivity index (χ1) is 8.43. The van der Waals surface area contributed by atoms with E-state index >= 15 is 0 Å². The van der Waals surface area contributed by atoms with Crippen molar-refractivity contribution in [1.29, 1.82) is 0 Å². The third kappa shape index (κ3) is 4.20. The lowest BCUT2D eigenvalue weighted by atomic mass is 10.1. The Balaban J connectivity index is 2.77. The van der Waals surface area contributed by atoms with Gasteiger partial charge in [-0.1, -0.05) is 11.6 Å². The largest absolute Gasteiger partial charge is 0.496 e. The van der Waals surface area contributed by atoms with Gasteiger partial charge in [-0.25, -0.2) is 0 Å². The lowest BCUT2D eigenvalue weighted by molar-refractivity contribution is -0.130. The number of hydrogen-bond acceptors (Lipinski definition) is 3. The van der Waals surface area contributed by atoms with Gasteiger partial charge in [0.1, 0.15) is 5.75 Å². The molecule has 0 saturated heterocycles. The van der Waals surface area contributed by atoms with Crippen LogP contribution >= 0.6 is 11.6 Å². The minimum Gasteiger partial charge on any atom is -0.496 e. The van der Waals surface area contributed by atoms with Crippen LogP contribution < -0.4 is 10.5 Å². The molecule has 18 heavy (non-hydrogen) atoms. The Morgan fingerprint density at radius 3 is 2.78 bits per heavy atom. The number of nitrogens with two attached hydrogens (primary N) is 1. The zero-order valence-electron chi connectivity index (χ0n) is 10.9. The van der Waals surface area contributed by atoms with Gasteiger partial charge in [0.05, 0.1) is 7.11 Å². The lowest BCUT2D eigenvalue weighted by Gasteiger charge is -2.20. The maximum Gasteiger partial charge on any atom is 0.224 e. The molecule has 2 N–H and O–H groups in total. The molecule has 1 unspecified atom stereocenters. The van der Waals surface area contributed by atoms with Crippen molar-refractivity contribution >= 4 is 17.5 Å². The minimum absolute atomic E-state index is 0.00651. The lowest BCUT2D eigenvalue weighted by Crippen LogP contribution is -2.31. The number of nitrogens with zero attached hydrogens (tertiary/aromatic N) is 1. The molecule has 0 spiro atoms. The highest BCUT2D eigenvalue weighted by molar-refractivity contribution is 6.30. The first kappa shape index (κ1) is 14.8. The number of carbonyl (C=O) groups excluding carboxylic acids is 1. The maximum absolute atomic E-state index is 11.8. The summed E-state index contributed by atoms with van der Waals surface area (Å²) >= 11 is 5.94. The van der Waals surface area contributed by atoms with Crippen LogP contribution in [0.3, 0.4) is 0 Å². The molecule has 0 fully saturated rings. The SMILES string of the molecule is COc1ccc(Cl)cc1CN(C)C(=O)CC(C)N. The van der Waals surface area contributed by atoms with Crippen molar-refractivity contribution in [3.8, 4) is 5.75 Å². The molecule has 0 bridgehead atoms. The van der Waals surface area contributed by atoms with Gasteiger partial charge >= 0.3 is 0 Å². The van der Waals surface area contributed by atoms with Gasteiger partial charge in [0.15, 0.2) is 0 Å². The Morgan fingerprint density at radius 2 is 2.22 bits per heavy atom. The van der Waals surface area contributed by atoms with Gasteiger partial charge < -0.3 is 15.4 Å². The summed E-state index contributed by atoms with van der Waals surface area (Å²) in [5, 5.41) is 0.624. The number of hydrogen-bond donors (Lipinski definition) is 1. The summed E-state index contributed by atoms with van der Waals surface area (Å²) in [5.74, 6) is 0.729. The molecular weight excluding hydrogens is 252 g/mol. The molecule has 1 atom stereocenters. The van der Waals surface area contributed by atoms with E-state index in [-0.39, 0.29) is 11.9 Å². The number of amides is 1. The Bertz CT molecular complexity index is 421. The predicted octanol–water partition coefficient (Wildman–Crippen LogP) is 2.04. The quantitative estimate of drug-likeness (QED) is 0.891. The van der Waals surface area contributed by atoms with Crippen molar-refractivity contribution in [2.24, 2.45) is 5.73 Å². The average molecular weight is 271 g/mol. The van der Waals surface area contributed by atoms with Crippen LogP contribution in [0.2, 0.25) is 5.02 Å². The number of methoxy groups -OCH3 is 1. The smallest absolute Gasteiger partial charge is 0.224 e. The fraction of sp³-hybridized carbons (Fsp3) is 0.462. The van der Waals surface area contributed by atoms with Gasteiger partial charge in [-0.15, -0.1) is 0 Å². The number of benzene rings is 1. The van der Waals surface area contributed by atoms with E-state index in [4.69, 9.17) is 22.1 Å². The van der Waals surface area contributed by atoms with E-state index < -0.39 is 0 Å². The first-order valence-corrected chi connectivity index (χ1v) is 6.13. The highest BCUT2D eigenvalue weighted by atomic mass is 35.5. The van der Waals surface area contributed by atoms with Crippen LogP contribution in [0.25, 0.3) is 0 Å². The van der Waals surface area contributed by atoms with E-state index in [2.05, 4.69) is 0 Å². The van der Waals surface area contributed by atoms with Gasteiger partial charge in [-0.05, 0) is 25.1 Å². The van der Waals surface area contributed by atoms with Crippen LogP contribution in [0.5, 0.6) is 5.75 Å². The molecule has 0 aromatic heterocycles. The average Bonchev–Trinajstić information content (AvgIpc) is 2.28. The van der Waals surface area contributed by atoms with E-state index in [1.165, 1.54) is 0 Å². The Kier molecular flexibility index (Phi) is 5.44. The summed E-state index contributed by atoms with van der Waals surface area (Å²) in [6.07, 6.45) is 0.333. The van der Waals surface area contributed by atoms with E-state index in [1.54, 1.807) is 37.3 Å². The molecule has 0 heterocycles. The molecule has 1 amide bonds. The van der Waals surface area contributed by atoms with Crippen molar-refractivity contribution in [2.75, 3.05) is 14.2 Å². The van der Waals surface area contributed by atoms with E-state index in [9.17, 15) is 4.79 Å². The van der Waals surface area contributed by atoms with Gasteiger partial charge in [-0.2, -0.15) is 0 Å². The van der Waals surface area contributed by atoms with E-state index in [0.717, 1.165) is 11.3 Å². The summed E-state index contributed by atoms with van der Waals surface area (Å²) in [6.45, 7) is 2.26. The number of rotatable bonds is 5. The molecule has 0 aliphatic heterocycles. The molecule has 0 radical (unpaired) electrons. The summed E-state index contributed by atoms with van der Waals surface area (Å²) in [5.41, 5.74) is 6.49. The van der Waals surface area contributed by atoms with E-state index in [1.807, 2.05) is 6.92 Å². The summed E-state index contributed by atoms with van der Waals surface area (Å²) in [4.78, 5) is 13.4. The van der Waals surface area contributed by atoms with Crippen molar-refractivity contribution < 1.29 is 9.53 Å². The van der Waals surface area contributed by atoms with Gasteiger partial charge in [0.25, 0.3) is 0 Å². The normalized spacial score (nSPS) is 12.1. The van der Waals surface area contributed by atoms with Crippen LogP contribution in [0.15, 0.2) is 18.2 Å². The van der Waals surface area contributed by atoms with Crippen LogP contribution in [-0.2, 0) is 11.3 Å². The number of halogens is 1. The Labute approximate surface area is 113 Å². The second kappa shape index (κ2) is 6.61. The second-order valence-corrected chi connectivity index (χ2v) is 4.82. The Hall–Kier alpha value is -1.26. The molecule has 1 aromatic carbocycles. The van der Waals surface area contributed by atoms with Crippen molar-refractivity contribution in [3.05, 3.63) is 28.8 Å². The van der Waals surface area contributed by atoms with Gasteiger partial charge in [-0.3, -0.25) is 4.79 Å². The number of ether oxygens (including phenoxy) is 1. The topological polar surface area (TPSA) is 55.6 Å². The molecular formula is C13H19ClN2O2. The molecule has 4 nitrogen and oxygen atoms in total. The molecule has 1 aromatic rings. The van der Waals surface area contributed by atoms with Crippen LogP contribution in [0.1, 0.15) is 18.9 Å². The first-order valence-electron chi connectivity index (χ1n) is 5.76. The zero-order chi connectivity index (χ0) is 13.7. The van der Waals surface area contributed by atoms with Crippen LogP contribution in [-0.4, -0.2) is 31.0 Å². The monoisotopic (exact) mass is 270 g/mol. The molecule has 100 valence electrons. The second-order valence-electron chi connectivity index (χ2n) is 4.39. The summed E-state index contributed by atoms with van der Waals surface area (Å²) < 4.78 is 5.24. The standard InChI is InChI=1S/C13H19ClN2O2/c1-9(15)6-13(17)16(2)8-10-7-11(14)4-5-12(10)18-3/h4-5,7,9H,6,8,15H2,1-3H3. The predicted molar refractivity (Wildman–Crippen MR) is 72.7 cm³/mol. The summed E-state index contributed by atoms with van der Waals surface area (Å²) in [7, 11) is 3.33. The molecule has 0 aliphatic rings. The molecule has 0 aliphatic carbocycles. The third-order valence-corrected chi connectivity index (χ3v) is 2.81. The van der Waals surface area contributed by atoms with Crippen molar-refractivity contribution in [3.63, 3.8) is 0 Å². The summed E-state index contributed by atoms with van der Waals surface area (Å²) in [6, 6.07) is 5.21. The fourth-order valence-electron chi connectivity index (χ4n) is 1.65. The minimum atomic E-state index is -0.138. The third-order valence-electron chi connectivity index (χ3n) is 2.57. The highest BCUT2D eigenvalue weighted by Crippen LogP contribution is 2.23. The highest BCUT2D eigenvalue weighted by Gasteiger charge is 2.13. The van der Waals surface area contributed by atoms with E-state index in [0.29, 0.717) is 18.0 Å². The molecule has 1 rings (SSSR count). The fourth-order valence-corrected chi connectivity index (χ4v) is 1.84. The van der Waals surface area contributed by atoms with Gasteiger partial charge in [0.2, 0.25) is 5.91 Å². The molecule has 5 heteroatoms. The van der Waals surface area contributed by atoms with Crippen molar-refractivity contribution in [1.82, 2.24) is 4.90 Å². The maximum atomic E-state index is 11.8. The number of carbonyl (C=O) groups is 1. The van der Waals surface area contributed by atoms with Crippen LogP contribution in [0, 0.1) is 0 Å². The zero-order valence-corrected chi connectivity index (χ0v) is 11.7.